The largest absolute Gasteiger partial charge is 0.359 e. The van der Waals surface area contributed by atoms with Crippen LogP contribution in [0.5, 0.6) is 0 Å². The maximum absolute atomic E-state index is 6.40. The van der Waals surface area contributed by atoms with Gasteiger partial charge in [0.1, 0.15) is 0 Å². The molecule has 0 saturated heterocycles. The van der Waals surface area contributed by atoms with Crippen LogP contribution >= 0.6 is 23.2 Å². The Hall–Kier alpha value is -0.960. The summed E-state index contributed by atoms with van der Waals surface area (Å²) in [5.74, 6) is 0. The minimum atomic E-state index is -0.162. The number of nitrogens with one attached hydrogen (secondary N) is 1. The number of hydrogen-bond donors (Lipinski definition) is 2. The fourth-order valence-electron chi connectivity index (χ4n) is 3.02. The number of rotatable bonds is 4. The Bertz CT molecular complexity index is 744. The van der Waals surface area contributed by atoms with E-state index in [0.717, 1.165) is 24.2 Å². The van der Waals surface area contributed by atoms with Crippen molar-refractivity contribution in [3.8, 4) is 0 Å². The van der Waals surface area contributed by atoms with Crippen molar-refractivity contribution in [2.75, 3.05) is 0 Å². The zero-order chi connectivity index (χ0) is 19.9. The van der Waals surface area contributed by atoms with Crippen molar-refractivity contribution in [1.82, 2.24) is 4.98 Å². The molecule has 144 valence electrons. The van der Waals surface area contributed by atoms with E-state index < -0.39 is 0 Å². The summed E-state index contributed by atoms with van der Waals surface area (Å²) in [6.45, 7) is 15.5. The fraction of sp³-hybridized carbons (Fsp3) is 0.545. The van der Waals surface area contributed by atoms with E-state index in [1.807, 2.05) is 6.92 Å². The van der Waals surface area contributed by atoms with Crippen molar-refractivity contribution in [1.29, 1.82) is 0 Å². The predicted molar refractivity (Wildman–Crippen MR) is 115 cm³/mol. The van der Waals surface area contributed by atoms with Gasteiger partial charge in [0.15, 0.2) is 0 Å². The molecule has 2 aromatic rings. The van der Waals surface area contributed by atoms with Crippen LogP contribution in [0.4, 0.5) is 0 Å². The predicted octanol–water partition coefficient (Wildman–Crippen LogP) is 6.86. The Morgan fingerprint density at radius 2 is 1.42 bits per heavy atom. The molecule has 0 aliphatic heterocycles. The Kier molecular flexibility index (Phi) is 6.22. The van der Waals surface area contributed by atoms with Gasteiger partial charge in [-0.1, -0.05) is 82.9 Å². The summed E-state index contributed by atoms with van der Waals surface area (Å²) in [6.07, 6.45) is 1.72. The lowest BCUT2D eigenvalue weighted by atomic mass is 9.79. The summed E-state index contributed by atoms with van der Waals surface area (Å²) >= 11 is 12.5. The molecule has 0 saturated carbocycles. The van der Waals surface area contributed by atoms with Gasteiger partial charge in [-0.15, -0.1) is 0 Å². The first-order chi connectivity index (χ1) is 11.8. The maximum atomic E-state index is 6.40. The number of aromatic nitrogens is 1. The second kappa shape index (κ2) is 7.58. The van der Waals surface area contributed by atoms with Crippen LogP contribution < -0.4 is 5.73 Å². The molecular formula is C22H32Cl2N2. The standard InChI is InChI=1S/C22H32Cl2N2/c1-13-18(23)19(24)20(26-13)17(25)9-8-14-10-15(21(2,3)4)12-16(11-14)22(5,6)7/h10-12,17,26H,8-9,25H2,1-7H3. The van der Waals surface area contributed by atoms with Gasteiger partial charge in [-0.25, -0.2) is 0 Å². The van der Waals surface area contributed by atoms with E-state index >= 15 is 0 Å². The lowest BCUT2D eigenvalue weighted by Gasteiger charge is -2.26. The smallest absolute Gasteiger partial charge is 0.0818 e. The van der Waals surface area contributed by atoms with Gasteiger partial charge in [0.05, 0.1) is 15.7 Å². The van der Waals surface area contributed by atoms with Crippen LogP contribution in [-0.4, -0.2) is 4.98 Å². The summed E-state index contributed by atoms with van der Waals surface area (Å²) in [5.41, 5.74) is 12.4. The van der Waals surface area contributed by atoms with Crippen LogP contribution in [0.25, 0.3) is 0 Å². The van der Waals surface area contributed by atoms with E-state index in [1.165, 1.54) is 16.7 Å². The van der Waals surface area contributed by atoms with Crippen LogP contribution in [-0.2, 0) is 17.3 Å². The monoisotopic (exact) mass is 394 g/mol. The Morgan fingerprint density at radius 1 is 0.923 bits per heavy atom. The number of aromatic amines is 1. The molecule has 0 aliphatic rings. The second-order valence-corrected chi connectivity index (χ2v) is 10.1. The summed E-state index contributed by atoms with van der Waals surface area (Å²) in [7, 11) is 0. The Morgan fingerprint density at radius 3 is 1.81 bits per heavy atom. The van der Waals surface area contributed by atoms with Crippen molar-refractivity contribution in [2.24, 2.45) is 5.73 Å². The van der Waals surface area contributed by atoms with Gasteiger partial charge >= 0.3 is 0 Å². The number of aryl methyl sites for hydroxylation is 2. The Balaban J connectivity index is 2.27. The molecule has 1 heterocycles. The number of halogens is 2. The summed E-state index contributed by atoms with van der Waals surface area (Å²) < 4.78 is 0. The summed E-state index contributed by atoms with van der Waals surface area (Å²) in [5, 5.41) is 1.12. The second-order valence-electron chi connectivity index (χ2n) is 9.36. The lowest BCUT2D eigenvalue weighted by Crippen LogP contribution is -2.17. The highest BCUT2D eigenvalue weighted by atomic mass is 35.5. The molecular weight excluding hydrogens is 363 g/mol. The van der Waals surface area contributed by atoms with Crippen LogP contribution in [0.2, 0.25) is 10.0 Å². The maximum Gasteiger partial charge on any atom is 0.0818 e. The van der Waals surface area contributed by atoms with E-state index in [9.17, 15) is 0 Å². The molecule has 1 aromatic heterocycles. The van der Waals surface area contributed by atoms with Gasteiger partial charge < -0.3 is 10.7 Å². The van der Waals surface area contributed by atoms with Gasteiger partial charge in [0.25, 0.3) is 0 Å². The van der Waals surface area contributed by atoms with Crippen molar-refractivity contribution < 1.29 is 0 Å². The average molecular weight is 395 g/mol. The van der Waals surface area contributed by atoms with Crippen LogP contribution in [0, 0.1) is 6.92 Å². The SMILES string of the molecule is Cc1[nH]c(C(N)CCc2cc(C(C)(C)C)cc(C(C)(C)C)c2)c(Cl)c1Cl. The van der Waals surface area contributed by atoms with E-state index in [1.54, 1.807) is 0 Å². The van der Waals surface area contributed by atoms with Crippen molar-refractivity contribution in [2.45, 2.75) is 78.2 Å². The first kappa shape index (κ1) is 21.3. The molecule has 0 radical (unpaired) electrons. The molecule has 0 amide bonds. The van der Waals surface area contributed by atoms with Crippen molar-refractivity contribution >= 4 is 23.2 Å². The van der Waals surface area contributed by atoms with E-state index in [4.69, 9.17) is 28.9 Å². The molecule has 4 heteroatoms. The highest BCUT2D eigenvalue weighted by Crippen LogP contribution is 2.34. The van der Waals surface area contributed by atoms with Crippen LogP contribution in [0.15, 0.2) is 18.2 Å². The van der Waals surface area contributed by atoms with Gasteiger partial charge in [-0.3, -0.25) is 0 Å². The summed E-state index contributed by atoms with van der Waals surface area (Å²) in [4.78, 5) is 3.23. The van der Waals surface area contributed by atoms with Gasteiger partial charge in [-0.05, 0) is 47.3 Å². The normalized spacial score (nSPS) is 13.9. The minimum absolute atomic E-state index is 0.117. The molecule has 0 bridgehead atoms. The zero-order valence-corrected chi connectivity index (χ0v) is 18.6. The quantitative estimate of drug-likeness (QED) is 0.583. The molecule has 26 heavy (non-hydrogen) atoms. The first-order valence-electron chi connectivity index (χ1n) is 9.24. The molecule has 0 aliphatic carbocycles. The molecule has 1 atom stereocenters. The third kappa shape index (κ3) is 4.85. The van der Waals surface area contributed by atoms with Gasteiger partial charge in [0, 0.05) is 11.7 Å². The molecule has 1 aromatic carbocycles. The molecule has 1 unspecified atom stereocenters. The highest BCUT2D eigenvalue weighted by molar-refractivity contribution is 6.43. The molecule has 2 nitrogen and oxygen atoms in total. The van der Waals surface area contributed by atoms with E-state index in [2.05, 4.69) is 64.7 Å². The van der Waals surface area contributed by atoms with Crippen LogP contribution in [0.1, 0.15) is 82.1 Å². The average Bonchev–Trinajstić information content (AvgIpc) is 2.78. The molecule has 0 fully saturated rings. The minimum Gasteiger partial charge on any atom is -0.359 e. The zero-order valence-electron chi connectivity index (χ0n) is 17.1. The molecule has 2 rings (SSSR count). The van der Waals surface area contributed by atoms with E-state index in [-0.39, 0.29) is 16.9 Å². The van der Waals surface area contributed by atoms with Crippen molar-refractivity contribution in [3.63, 3.8) is 0 Å². The van der Waals surface area contributed by atoms with Gasteiger partial charge in [-0.2, -0.15) is 0 Å². The fourth-order valence-corrected chi connectivity index (χ4v) is 3.50. The first-order valence-corrected chi connectivity index (χ1v) is 10.00. The topological polar surface area (TPSA) is 41.8 Å². The Labute approximate surface area is 168 Å². The van der Waals surface area contributed by atoms with E-state index in [0.29, 0.717) is 10.0 Å². The van der Waals surface area contributed by atoms with Crippen molar-refractivity contribution in [3.05, 3.63) is 56.3 Å². The lowest BCUT2D eigenvalue weighted by molar-refractivity contribution is 0.564. The highest BCUT2D eigenvalue weighted by Gasteiger charge is 2.21. The molecule has 3 N–H and O–H groups in total. The number of hydrogen-bond acceptors (Lipinski definition) is 1. The third-order valence-electron chi connectivity index (χ3n) is 4.92. The summed E-state index contributed by atoms with van der Waals surface area (Å²) in [6, 6.07) is 6.81. The number of benzene rings is 1. The van der Waals surface area contributed by atoms with Gasteiger partial charge in [0.2, 0.25) is 0 Å². The number of H-pyrrole nitrogens is 1. The molecule has 0 spiro atoms. The van der Waals surface area contributed by atoms with Crippen LogP contribution in [0.3, 0.4) is 0 Å². The number of nitrogens with two attached hydrogens (primary N) is 1. The third-order valence-corrected chi connectivity index (χ3v) is 5.88.